The number of nitrogens with zero attached hydrogens (tertiary/aromatic N) is 3. The smallest absolute Gasteiger partial charge is 0.315 e. The second-order valence-corrected chi connectivity index (χ2v) is 9.75. The zero-order valence-corrected chi connectivity index (χ0v) is 19.8. The Morgan fingerprint density at radius 3 is 2.66 bits per heavy atom. The van der Waals surface area contributed by atoms with E-state index >= 15 is 0 Å². The van der Waals surface area contributed by atoms with Crippen molar-refractivity contribution in [1.29, 1.82) is 0 Å². The molecule has 29 heavy (non-hydrogen) atoms. The van der Waals surface area contributed by atoms with Crippen LogP contribution in [0.1, 0.15) is 78.8 Å². The zero-order valence-electron chi connectivity index (χ0n) is 19.0. The number of unbranched alkanes of at least 4 members (excludes halogenated alkanes) is 3. The molecule has 0 radical (unpaired) electrons. The van der Waals surface area contributed by atoms with Crippen molar-refractivity contribution in [3.8, 4) is 5.88 Å². The van der Waals surface area contributed by atoms with Gasteiger partial charge < -0.3 is 9.47 Å². The third kappa shape index (κ3) is 6.51. The molecule has 0 aliphatic carbocycles. The molecule has 164 valence electrons. The lowest BCUT2D eigenvalue weighted by molar-refractivity contribution is -0.947. The standard InChI is InChI=1S/C22H38N3O3S/c1-7-9-10-11-15-27-20-19(23-29-24-20)17-13-12-14-25(6,16-17)18(8-2)28-21(26)22(3,4)5/h13,18H,7-12,14-16H2,1-6H3/q+1. The molecule has 0 amide bonds. The lowest BCUT2D eigenvalue weighted by atomic mass is 9.97. The Morgan fingerprint density at radius 2 is 2.00 bits per heavy atom. The molecule has 7 heteroatoms. The molecule has 1 aromatic heterocycles. The van der Waals surface area contributed by atoms with Gasteiger partial charge in [0.05, 0.1) is 37.3 Å². The average molecular weight is 425 g/mol. The van der Waals surface area contributed by atoms with Gasteiger partial charge in [-0.1, -0.05) is 39.2 Å². The van der Waals surface area contributed by atoms with E-state index in [1.54, 1.807) is 0 Å². The predicted octanol–water partition coefficient (Wildman–Crippen LogP) is 5.06. The quantitative estimate of drug-likeness (QED) is 0.299. The summed E-state index contributed by atoms with van der Waals surface area (Å²) >= 11 is 1.20. The first-order valence-electron chi connectivity index (χ1n) is 10.9. The number of ether oxygens (including phenoxy) is 2. The van der Waals surface area contributed by atoms with Crippen LogP contribution in [0.3, 0.4) is 0 Å². The van der Waals surface area contributed by atoms with Gasteiger partial charge in [-0.15, -0.1) is 4.37 Å². The van der Waals surface area contributed by atoms with E-state index in [2.05, 4.69) is 35.7 Å². The first-order chi connectivity index (χ1) is 13.7. The molecule has 2 heterocycles. The summed E-state index contributed by atoms with van der Waals surface area (Å²) < 4.78 is 21.5. The maximum absolute atomic E-state index is 12.5. The van der Waals surface area contributed by atoms with Crippen molar-refractivity contribution in [1.82, 2.24) is 8.75 Å². The first-order valence-corrected chi connectivity index (χ1v) is 11.6. The fourth-order valence-corrected chi connectivity index (χ4v) is 4.14. The van der Waals surface area contributed by atoms with Crippen molar-refractivity contribution < 1.29 is 18.8 Å². The van der Waals surface area contributed by atoms with Crippen LogP contribution in [-0.2, 0) is 9.53 Å². The van der Waals surface area contributed by atoms with Crippen molar-refractivity contribution in [3.05, 3.63) is 11.8 Å². The minimum absolute atomic E-state index is 0.147. The van der Waals surface area contributed by atoms with Gasteiger partial charge >= 0.3 is 5.97 Å². The zero-order chi connectivity index (χ0) is 21.5. The maximum atomic E-state index is 12.5. The van der Waals surface area contributed by atoms with E-state index in [1.807, 2.05) is 20.8 Å². The summed E-state index contributed by atoms with van der Waals surface area (Å²) in [5.41, 5.74) is 1.49. The van der Waals surface area contributed by atoms with Crippen LogP contribution in [-0.4, -0.2) is 52.2 Å². The van der Waals surface area contributed by atoms with E-state index < -0.39 is 5.41 Å². The van der Waals surface area contributed by atoms with Crippen molar-refractivity contribution in [2.75, 3.05) is 26.7 Å². The third-order valence-corrected chi connectivity index (χ3v) is 5.97. The number of likely N-dealkylation sites (N-methyl/N-ethyl adjacent to an activating group) is 1. The molecule has 2 unspecified atom stereocenters. The Labute approximate surface area is 180 Å². The fraction of sp³-hybridized carbons (Fsp3) is 0.773. The highest BCUT2D eigenvalue weighted by atomic mass is 32.1. The highest BCUT2D eigenvalue weighted by Crippen LogP contribution is 2.33. The predicted molar refractivity (Wildman–Crippen MR) is 118 cm³/mol. The summed E-state index contributed by atoms with van der Waals surface area (Å²) in [5, 5.41) is 0. The summed E-state index contributed by atoms with van der Waals surface area (Å²) in [5.74, 6) is 0.497. The van der Waals surface area contributed by atoms with E-state index in [-0.39, 0.29) is 12.2 Å². The maximum Gasteiger partial charge on any atom is 0.315 e. The molecular weight excluding hydrogens is 386 g/mol. The molecule has 1 aliphatic heterocycles. The molecule has 0 N–H and O–H groups in total. The second kappa shape index (κ2) is 10.5. The van der Waals surface area contributed by atoms with Gasteiger partial charge in [-0.3, -0.25) is 9.28 Å². The van der Waals surface area contributed by atoms with Crippen LogP contribution < -0.4 is 4.74 Å². The normalized spacial score (nSPS) is 20.8. The van der Waals surface area contributed by atoms with Gasteiger partial charge in [-0.05, 0) is 27.2 Å². The molecule has 0 saturated carbocycles. The van der Waals surface area contributed by atoms with Gasteiger partial charge in [0.15, 0.2) is 0 Å². The van der Waals surface area contributed by atoms with Crippen LogP contribution in [0.5, 0.6) is 5.88 Å². The van der Waals surface area contributed by atoms with Crippen LogP contribution in [0.4, 0.5) is 0 Å². The molecule has 0 bridgehead atoms. The summed E-state index contributed by atoms with van der Waals surface area (Å²) in [6.07, 6.45) is 8.43. The van der Waals surface area contributed by atoms with Crippen molar-refractivity contribution in [2.24, 2.45) is 5.41 Å². The van der Waals surface area contributed by atoms with Crippen LogP contribution >= 0.6 is 11.7 Å². The average Bonchev–Trinajstić information content (AvgIpc) is 3.13. The molecular formula is C22H38N3O3S+. The Bertz CT molecular complexity index is 696. The number of carbonyl (C=O) groups is 1. The molecule has 2 atom stereocenters. The summed E-state index contributed by atoms with van der Waals surface area (Å²) in [6, 6.07) is 0. The number of hydrogen-bond donors (Lipinski definition) is 0. The van der Waals surface area contributed by atoms with Crippen molar-refractivity contribution >= 4 is 23.3 Å². The Hall–Kier alpha value is -1.47. The Kier molecular flexibility index (Phi) is 8.64. The lowest BCUT2D eigenvalue weighted by Crippen LogP contribution is -2.56. The summed E-state index contributed by atoms with van der Waals surface area (Å²) in [4.78, 5) is 12.5. The molecule has 6 nitrogen and oxygen atoms in total. The number of aromatic nitrogens is 2. The molecule has 0 saturated heterocycles. The van der Waals surface area contributed by atoms with E-state index in [9.17, 15) is 4.79 Å². The number of hydrogen-bond acceptors (Lipinski definition) is 6. The highest BCUT2D eigenvalue weighted by Gasteiger charge is 2.40. The van der Waals surface area contributed by atoms with E-state index in [1.165, 1.54) is 31.0 Å². The van der Waals surface area contributed by atoms with Gasteiger partial charge in [0.25, 0.3) is 5.88 Å². The largest absolute Gasteiger partial charge is 0.475 e. The molecule has 1 aromatic rings. The van der Waals surface area contributed by atoms with Crippen molar-refractivity contribution in [2.45, 2.75) is 79.4 Å². The SMILES string of the molecule is CCCCCCOc1nsnc1C1=CCC[N+](C)(C(CC)OC(=O)C(C)(C)C)C1. The molecule has 1 aliphatic rings. The van der Waals surface area contributed by atoms with Crippen LogP contribution in [0.25, 0.3) is 5.57 Å². The van der Waals surface area contributed by atoms with E-state index in [0.717, 1.165) is 43.6 Å². The number of esters is 1. The third-order valence-electron chi connectivity index (χ3n) is 5.46. The molecule has 0 fully saturated rings. The second-order valence-electron chi connectivity index (χ2n) is 9.22. The number of rotatable bonds is 10. The first kappa shape index (κ1) is 23.8. The van der Waals surface area contributed by atoms with Gasteiger partial charge in [-0.2, -0.15) is 4.37 Å². The topological polar surface area (TPSA) is 61.3 Å². The minimum atomic E-state index is -0.501. The summed E-state index contributed by atoms with van der Waals surface area (Å²) in [6.45, 7) is 12.3. The van der Waals surface area contributed by atoms with Gasteiger partial charge in [-0.25, -0.2) is 0 Å². The van der Waals surface area contributed by atoms with E-state index in [0.29, 0.717) is 17.0 Å². The Morgan fingerprint density at radius 1 is 1.24 bits per heavy atom. The van der Waals surface area contributed by atoms with Crippen LogP contribution in [0.2, 0.25) is 0 Å². The number of carbonyl (C=O) groups excluding carboxylic acids is 1. The van der Waals surface area contributed by atoms with Crippen LogP contribution in [0, 0.1) is 5.41 Å². The fourth-order valence-electron chi connectivity index (χ4n) is 3.60. The summed E-state index contributed by atoms with van der Waals surface area (Å²) in [7, 11) is 2.17. The van der Waals surface area contributed by atoms with Gasteiger partial charge in [0, 0.05) is 18.4 Å². The molecule has 0 spiro atoms. The monoisotopic (exact) mass is 424 g/mol. The minimum Gasteiger partial charge on any atom is -0.475 e. The molecule has 0 aromatic carbocycles. The van der Waals surface area contributed by atoms with Gasteiger partial charge in [0.1, 0.15) is 12.2 Å². The van der Waals surface area contributed by atoms with Crippen LogP contribution in [0.15, 0.2) is 6.08 Å². The van der Waals surface area contributed by atoms with Crippen molar-refractivity contribution in [3.63, 3.8) is 0 Å². The molecule has 2 rings (SSSR count). The lowest BCUT2D eigenvalue weighted by Gasteiger charge is -2.43. The Balaban J connectivity index is 2.07. The van der Waals surface area contributed by atoms with E-state index in [4.69, 9.17) is 9.47 Å². The highest BCUT2D eigenvalue weighted by molar-refractivity contribution is 6.99. The van der Waals surface area contributed by atoms with Gasteiger partial charge in [0.2, 0.25) is 6.23 Å². The number of quaternary nitrogens is 1.